The minimum Gasteiger partial charge on any atom is -0.342 e. The standard InChI is InChI=1S/C26H33N5O2S/c1-7-31-24(23(16(2)3)28-25(33)20-11-8-17(4)9-12-20)29-30-26(31)34-15-22(32)27-21-13-10-18(5)19(6)14-21/h8-14,16,23H,7,15H2,1-6H3,(H,27,32)(H,28,33)/t23-/m1/s1. The van der Waals surface area contributed by atoms with Crippen molar-refractivity contribution in [2.75, 3.05) is 11.1 Å². The smallest absolute Gasteiger partial charge is 0.251 e. The van der Waals surface area contributed by atoms with Gasteiger partial charge in [-0.05, 0) is 69.0 Å². The second-order valence-corrected chi connectivity index (χ2v) is 9.72. The minimum absolute atomic E-state index is 0.103. The predicted molar refractivity (Wildman–Crippen MR) is 137 cm³/mol. The summed E-state index contributed by atoms with van der Waals surface area (Å²) in [5, 5.41) is 15.4. The lowest BCUT2D eigenvalue weighted by Crippen LogP contribution is -2.33. The van der Waals surface area contributed by atoms with Gasteiger partial charge in [0.1, 0.15) is 0 Å². The molecular weight excluding hydrogens is 446 g/mol. The summed E-state index contributed by atoms with van der Waals surface area (Å²) >= 11 is 1.34. The van der Waals surface area contributed by atoms with Gasteiger partial charge in [-0.2, -0.15) is 0 Å². The summed E-state index contributed by atoms with van der Waals surface area (Å²) in [6, 6.07) is 13.0. The molecule has 0 aliphatic heterocycles. The van der Waals surface area contributed by atoms with Gasteiger partial charge in [-0.25, -0.2) is 0 Å². The van der Waals surface area contributed by atoms with Crippen LogP contribution in [0.5, 0.6) is 0 Å². The highest BCUT2D eigenvalue weighted by atomic mass is 32.2. The summed E-state index contributed by atoms with van der Waals surface area (Å²) in [6.45, 7) is 12.8. The fourth-order valence-electron chi connectivity index (χ4n) is 3.54. The van der Waals surface area contributed by atoms with Crippen LogP contribution in [-0.4, -0.2) is 32.3 Å². The van der Waals surface area contributed by atoms with Gasteiger partial charge in [0, 0.05) is 17.8 Å². The van der Waals surface area contributed by atoms with Crippen LogP contribution in [0.3, 0.4) is 0 Å². The van der Waals surface area contributed by atoms with E-state index in [0.717, 1.165) is 16.8 Å². The third-order valence-corrected chi connectivity index (χ3v) is 6.70. The highest BCUT2D eigenvalue weighted by Gasteiger charge is 2.26. The summed E-state index contributed by atoms with van der Waals surface area (Å²) in [5.41, 5.74) is 4.81. The maximum Gasteiger partial charge on any atom is 0.251 e. The van der Waals surface area contributed by atoms with Crippen molar-refractivity contribution in [3.63, 3.8) is 0 Å². The van der Waals surface area contributed by atoms with Gasteiger partial charge in [0.05, 0.1) is 11.8 Å². The minimum atomic E-state index is -0.306. The maximum atomic E-state index is 12.9. The van der Waals surface area contributed by atoms with E-state index >= 15 is 0 Å². The number of aromatic nitrogens is 3. The summed E-state index contributed by atoms with van der Waals surface area (Å²) in [5.74, 6) is 0.761. The molecule has 0 radical (unpaired) electrons. The first kappa shape index (κ1) is 25.5. The van der Waals surface area contributed by atoms with Gasteiger partial charge in [-0.3, -0.25) is 9.59 Å². The molecular formula is C26H33N5O2S. The number of hydrogen-bond donors (Lipinski definition) is 2. The zero-order valence-electron chi connectivity index (χ0n) is 20.7. The number of thioether (sulfide) groups is 1. The summed E-state index contributed by atoms with van der Waals surface area (Å²) < 4.78 is 1.97. The molecule has 2 amide bonds. The lowest BCUT2D eigenvalue weighted by Gasteiger charge is -2.22. The average molecular weight is 480 g/mol. The molecule has 1 heterocycles. The van der Waals surface area contributed by atoms with Crippen molar-refractivity contribution in [3.05, 3.63) is 70.5 Å². The largest absolute Gasteiger partial charge is 0.342 e. The normalized spacial score (nSPS) is 12.0. The van der Waals surface area contributed by atoms with E-state index < -0.39 is 0 Å². The molecule has 0 aliphatic rings. The molecule has 7 nitrogen and oxygen atoms in total. The SMILES string of the molecule is CCn1c(SCC(=O)Nc2ccc(C)c(C)c2)nnc1[C@H](NC(=O)c1ccc(C)cc1)C(C)C. The molecule has 3 aromatic rings. The van der Waals surface area contributed by atoms with Crippen molar-refractivity contribution in [1.29, 1.82) is 0 Å². The molecule has 1 aromatic heterocycles. The Hall–Kier alpha value is -3.13. The molecule has 180 valence electrons. The number of nitrogens with zero attached hydrogens (tertiary/aromatic N) is 3. The number of rotatable bonds is 9. The molecule has 0 saturated heterocycles. The number of hydrogen-bond acceptors (Lipinski definition) is 5. The Morgan fingerprint density at radius 2 is 1.71 bits per heavy atom. The third-order valence-electron chi connectivity index (χ3n) is 5.73. The topological polar surface area (TPSA) is 88.9 Å². The molecule has 8 heteroatoms. The molecule has 3 rings (SSSR count). The van der Waals surface area contributed by atoms with Crippen molar-refractivity contribution in [3.8, 4) is 0 Å². The molecule has 34 heavy (non-hydrogen) atoms. The van der Waals surface area contributed by atoms with Gasteiger partial charge in [0.2, 0.25) is 5.91 Å². The fraction of sp³-hybridized carbons (Fsp3) is 0.385. The van der Waals surface area contributed by atoms with Crippen LogP contribution >= 0.6 is 11.8 Å². The Morgan fingerprint density at radius 1 is 1.00 bits per heavy atom. The molecule has 0 aliphatic carbocycles. The summed E-state index contributed by atoms with van der Waals surface area (Å²) in [6.07, 6.45) is 0. The van der Waals surface area contributed by atoms with Gasteiger partial charge < -0.3 is 15.2 Å². The van der Waals surface area contributed by atoms with Crippen molar-refractivity contribution >= 4 is 29.3 Å². The van der Waals surface area contributed by atoms with Crippen LogP contribution in [0.2, 0.25) is 0 Å². The molecule has 0 saturated carbocycles. The van der Waals surface area contributed by atoms with Crippen LogP contribution < -0.4 is 10.6 Å². The van der Waals surface area contributed by atoms with E-state index in [2.05, 4.69) is 20.8 Å². The van der Waals surface area contributed by atoms with E-state index in [4.69, 9.17) is 0 Å². The molecule has 2 N–H and O–H groups in total. The summed E-state index contributed by atoms with van der Waals surface area (Å²) in [4.78, 5) is 25.4. The average Bonchev–Trinajstić information content (AvgIpc) is 3.21. The Kier molecular flexibility index (Phi) is 8.50. The van der Waals surface area contributed by atoms with E-state index in [0.29, 0.717) is 23.1 Å². The van der Waals surface area contributed by atoms with Crippen LogP contribution in [0.25, 0.3) is 0 Å². The molecule has 2 aromatic carbocycles. The van der Waals surface area contributed by atoms with E-state index in [1.165, 1.54) is 17.3 Å². The highest BCUT2D eigenvalue weighted by Crippen LogP contribution is 2.26. The van der Waals surface area contributed by atoms with Crippen LogP contribution in [0.4, 0.5) is 5.69 Å². The first-order valence-electron chi connectivity index (χ1n) is 11.5. The van der Waals surface area contributed by atoms with Gasteiger partial charge in [-0.15, -0.1) is 10.2 Å². The van der Waals surface area contributed by atoms with Crippen LogP contribution in [0.15, 0.2) is 47.6 Å². The number of anilines is 1. The third kappa shape index (κ3) is 6.26. The summed E-state index contributed by atoms with van der Waals surface area (Å²) in [7, 11) is 0. The predicted octanol–water partition coefficient (Wildman–Crippen LogP) is 5.08. The Morgan fingerprint density at radius 3 is 2.32 bits per heavy atom. The van der Waals surface area contributed by atoms with Crippen molar-refractivity contribution in [2.24, 2.45) is 5.92 Å². The first-order valence-corrected chi connectivity index (χ1v) is 12.5. The van der Waals surface area contributed by atoms with Gasteiger partial charge >= 0.3 is 0 Å². The number of carbonyl (C=O) groups is 2. The highest BCUT2D eigenvalue weighted by molar-refractivity contribution is 7.99. The molecule has 0 fully saturated rings. The molecule has 0 bridgehead atoms. The molecule has 1 atom stereocenters. The van der Waals surface area contributed by atoms with Crippen molar-refractivity contribution < 1.29 is 9.59 Å². The molecule has 0 unspecified atom stereocenters. The van der Waals surface area contributed by atoms with E-state index in [-0.39, 0.29) is 29.5 Å². The second kappa shape index (κ2) is 11.3. The van der Waals surface area contributed by atoms with Crippen molar-refractivity contribution in [2.45, 2.75) is 59.3 Å². The van der Waals surface area contributed by atoms with Gasteiger partial charge in [-0.1, -0.05) is 49.4 Å². The zero-order valence-corrected chi connectivity index (χ0v) is 21.5. The van der Waals surface area contributed by atoms with Gasteiger partial charge in [0.15, 0.2) is 11.0 Å². The number of benzene rings is 2. The monoisotopic (exact) mass is 479 g/mol. The number of nitrogens with one attached hydrogen (secondary N) is 2. The number of carbonyl (C=O) groups excluding carboxylic acids is 2. The van der Waals surface area contributed by atoms with Gasteiger partial charge in [0.25, 0.3) is 5.91 Å². The maximum absolute atomic E-state index is 12.9. The number of amides is 2. The van der Waals surface area contributed by atoms with E-state index in [1.807, 2.05) is 88.6 Å². The van der Waals surface area contributed by atoms with E-state index in [1.54, 1.807) is 0 Å². The Bertz CT molecular complexity index is 1150. The first-order chi connectivity index (χ1) is 16.2. The lowest BCUT2D eigenvalue weighted by molar-refractivity contribution is -0.113. The Labute approximate surface area is 205 Å². The molecule has 0 spiro atoms. The second-order valence-electron chi connectivity index (χ2n) is 8.78. The zero-order chi connectivity index (χ0) is 24.8. The van der Waals surface area contributed by atoms with Crippen LogP contribution in [-0.2, 0) is 11.3 Å². The Balaban J connectivity index is 1.70. The fourth-order valence-corrected chi connectivity index (χ4v) is 4.35. The lowest BCUT2D eigenvalue weighted by atomic mass is 10.0. The van der Waals surface area contributed by atoms with Crippen LogP contribution in [0, 0.1) is 26.7 Å². The van der Waals surface area contributed by atoms with E-state index in [9.17, 15) is 9.59 Å². The quantitative estimate of drug-likeness (QED) is 0.418. The van der Waals surface area contributed by atoms with Crippen LogP contribution in [0.1, 0.15) is 59.7 Å². The van der Waals surface area contributed by atoms with Crippen molar-refractivity contribution in [1.82, 2.24) is 20.1 Å². The number of aryl methyl sites for hydroxylation is 3.